The van der Waals surface area contributed by atoms with Gasteiger partial charge in [0, 0.05) is 19.7 Å². The van der Waals surface area contributed by atoms with E-state index in [0.29, 0.717) is 6.04 Å². The molecule has 1 saturated heterocycles. The first-order valence-corrected chi connectivity index (χ1v) is 4.12. The number of hydrogen-bond donors (Lipinski definition) is 0. The average Bonchev–Trinajstić information content (AvgIpc) is 2.50. The zero-order valence-corrected chi connectivity index (χ0v) is 7.22. The highest BCUT2D eigenvalue weighted by Gasteiger charge is 2.28. The summed E-state index contributed by atoms with van der Waals surface area (Å²) in [5.41, 5.74) is 0. The molecule has 1 rings (SSSR count). The predicted octanol–water partition coefficient (Wildman–Crippen LogP) is 1.41. The van der Waals surface area contributed by atoms with Gasteiger partial charge in [0.1, 0.15) is 6.80 Å². The molecule has 0 aromatic heterocycles. The van der Waals surface area contributed by atoms with E-state index < -0.39 is 0 Å². The third-order valence-electron chi connectivity index (χ3n) is 2.48. The summed E-state index contributed by atoms with van der Waals surface area (Å²) < 4.78 is 17.5. The van der Waals surface area contributed by atoms with Crippen LogP contribution in [0.3, 0.4) is 0 Å². The first kappa shape index (κ1) is 8.94. The molecular weight excluding hydrogens is 145 g/mol. The Balaban J connectivity index is 2.42. The smallest absolute Gasteiger partial charge is 0.143 e. The lowest BCUT2D eigenvalue weighted by molar-refractivity contribution is 0.0285. The van der Waals surface area contributed by atoms with Gasteiger partial charge in [0.05, 0.1) is 6.10 Å². The van der Waals surface area contributed by atoms with Crippen molar-refractivity contribution in [2.24, 2.45) is 0 Å². The Morgan fingerprint density at radius 2 is 2.45 bits per heavy atom. The van der Waals surface area contributed by atoms with Crippen LogP contribution in [0.2, 0.25) is 0 Å². The van der Waals surface area contributed by atoms with E-state index in [1.54, 1.807) is 7.11 Å². The van der Waals surface area contributed by atoms with Crippen molar-refractivity contribution in [3.05, 3.63) is 0 Å². The normalized spacial score (nSPS) is 29.2. The fourth-order valence-corrected chi connectivity index (χ4v) is 1.69. The highest BCUT2D eigenvalue weighted by molar-refractivity contribution is 4.81. The summed E-state index contributed by atoms with van der Waals surface area (Å²) in [5.74, 6) is 0. The molecule has 2 unspecified atom stereocenters. The summed E-state index contributed by atoms with van der Waals surface area (Å²) in [7, 11) is 1.68. The highest BCUT2D eigenvalue weighted by atomic mass is 19.1. The van der Waals surface area contributed by atoms with E-state index >= 15 is 0 Å². The number of nitrogens with zero attached hydrogens (tertiary/aromatic N) is 1. The summed E-state index contributed by atoms with van der Waals surface area (Å²) in [6.07, 6.45) is 2.33. The molecule has 1 fully saturated rings. The van der Waals surface area contributed by atoms with Gasteiger partial charge in [-0.2, -0.15) is 0 Å². The van der Waals surface area contributed by atoms with Crippen LogP contribution in [0.1, 0.15) is 19.8 Å². The third kappa shape index (κ3) is 1.91. The molecule has 0 spiro atoms. The summed E-state index contributed by atoms with van der Waals surface area (Å²) >= 11 is 0. The van der Waals surface area contributed by atoms with Crippen molar-refractivity contribution in [1.29, 1.82) is 0 Å². The zero-order chi connectivity index (χ0) is 8.27. The molecule has 0 saturated carbocycles. The summed E-state index contributed by atoms with van der Waals surface area (Å²) in [6.45, 7) is 2.55. The fourth-order valence-electron chi connectivity index (χ4n) is 1.69. The van der Waals surface area contributed by atoms with Crippen LogP contribution >= 0.6 is 0 Å². The van der Waals surface area contributed by atoms with Gasteiger partial charge >= 0.3 is 0 Å². The van der Waals surface area contributed by atoms with Crippen molar-refractivity contribution < 1.29 is 9.13 Å². The Morgan fingerprint density at radius 3 is 3.00 bits per heavy atom. The van der Waals surface area contributed by atoms with Crippen LogP contribution in [0, 0.1) is 0 Å². The Kier molecular flexibility index (Phi) is 3.27. The monoisotopic (exact) mass is 161 g/mol. The van der Waals surface area contributed by atoms with Gasteiger partial charge in [-0.25, -0.2) is 4.39 Å². The Hall–Kier alpha value is -0.150. The number of ether oxygens (including phenoxy) is 1. The summed E-state index contributed by atoms with van der Waals surface area (Å²) in [5, 5.41) is 0. The van der Waals surface area contributed by atoms with Crippen molar-refractivity contribution in [3.8, 4) is 0 Å². The van der Waals surface area contributed by atoms with E-state index in [9.17, 15) is 4.39 Å². The molecule has 1 aliphatic heterocycles. The largest absolute Gasteiger partial charge is 0.380 e. The SMILES string of the molecule is COC(C)C1CCCN1CF. The molecule has 1 heterocycles. The Bertz CT molecular complexity index is 121. The molecule has 0 bridgehead atoms. The molecule has 0 amide bonds. The van der Waals surface area contributed by atoms with Crippen molar-refractivity contribution in [2.75, 3.05) is 20.5 Å². The predicted molar refractivity (Wildman–Crippen MR) is 42.2 cm³/mol. The van der Waals surface area contributed by atoms with Gasteiger partial charge in [0.2, 0.25) is 0 Å². The van der Waals surface area contributed by atoms with E-state index in [-0.39, 0.29) is 12.9 Å². The first-order valence-electron chi connectivity index (χ1n) is 4.12. The molecule has 2 atom stereocenters. The topological polar surface area (TPSA) is 12.5 Å². The minimum Gasteiger partial charge on any atom is -0.380 e. The number of likely N-dealkylation sites (tertiary alicyclic amines) is 1. The quantitative estimate of drug-likeness (QED) is 0.580. The van der Waals surface area contributed by atoms with Crippen LogP contribution in [0.5, 0.6) is 0 Å². The molecule has 66 valence electrons. The molecule has 2 nitrogen and oxygen atoms in total. The van der Waals surface area contributed by atoms with Gasteiger partial charge in [-0.1, -0.05) is 0 Å². The average molecular weight is 161 g/mol. The van der Waals surface area contributed by atoms with E-state index in [1.807, 2.05) is 11.8 Å². The minimum absolute atomic E-state index is 0.160. The molecule has 0 aromatic rings. The molecule has 0 aromatic carbocycles. The van der Waals surface area contributed by atoms with E-state index in [1.165, 1.54) is 0 Å². The summed E-state index contributed by atoms with van der Waals surface area (Å²) in [6, 6.07) is 0.296. The van der Waals surface area contributed by atoms with Crippen LogP contribution < -0.4 is 0 Å². The highest BCUT2D eigenvalue weighted by Crippen LogP contribution is 2.20. The van der Waals surface area contributed by atoms with Crippen molar-refractivity contribution >= 4 is 0 Å². The molecule has 0 N–H and O–H groups in total. The maximum absolute atomic E-state index is 12.3. The maximum Gasteiger partial charge on any atom is 0.143 e. The van der Waals surface area contributed by atoms with Crippen LogP contribution in [-0.4, -0.2) is 37.5 Å². The van der Waals surface area contributed by atoms with Crippen LogP contribution in [-0.2, 0) is 4.74 Å². The zero-order valence-electron chi connectivity index (χ0n) is 7.22. The minimum atomic E-state index is -0.335. The Labute approximate surface area is 67.3 Å². The van der Waals surface area contributed by atoms with Gasteiger partial charge in [-0.3, -0.25) is 4.90 Å². The van der Waals surface area contributed by atoms with Crippen molar-refractivity contribution in [2.45, 2.75) is 31.9 Å². The maximum atomic E-state index is 12.3. The van der Waals surface area contributed by atoms with E-state index in [2.05, 4.69) is 0 Å². The number of methoxy groups -OCH3 is 1. The Morgan fingerprint density at radius 1 is 1.73 bits per heavy atom. The molecular formula is C8H16FNO. The van der Waals surface area contributed by atoms with Gasteiger partial charge in [-0.15, -0.1) is 0 Å². The van der Waals surface area contributed by atoms with E-state index in [4.69, 9.17) is 4.74 Å². The van der Waals surface area contributed by atoms with Gasteiger partial charge in [0.25, 0.3) is 0 Å². The van der Waals surface area contributed by atoms with Crippen LogP contribution in [0.15, 0.2) is 0 Å². The van der Waals surface area contributed by atoms with Crippen molar-refractivity contribution in [3.63, 3.8) is 0 Å². The third-order valence-corrected chi connectivity index (χ3v) is 2.48. The van der Waals surface area contributed by atoms with Gasteiger partial charge in [0.15, 0.2) is 0 Å². The first-order chi connectivity index (χ1) is 5.29. The van der Waals surface area contributed by atoms with Gasteiger partial charge in [-0.05, 0) is 19.8 Å². The van der Waals surface area contributed by atoms with E-state index in [0.717, 1.165) is 19.4 Å². The molecule has 3 heteroatoms. The molecule has 0 radical (unpaired) electrons. The van der Waals surface area contributed by atoms with Crippen LogP contribution in [0.4, 0.5) is 4.39 Å². The summed E-state index contributed by atoms with van der Waals surface area (Å²) in [4.78, 5) is 1.84. The second-order valence-electron chi connectivity index (χ2n) is 3.08. The molecule has 11 heavy (non-hydrogen) atoms. The number of hydrogen-bond acceptors (Lipinski definition) is 2. The van der Waals surface area contributed by atoms with Gasteiger partial charge < -0.3 is 4.74 Å². The number of rotatable bonds is 3. The lowest BCUT2D eigenvalue weighted by Gasteiger charge is -2.25. The lowest BCUT2D eigenvalue weighted by atomic mass is 10.1. The second-order valence-corrected chi connectivity index (χ2v) is 3.08. The number of halogens is 1. The molecule has 0 aliphatic carbocycles. The lowest BCUT2D eigenvalue weighted by Crippen LogP contribution is -2.37. The second kappa shape index (κ2) is 4.02. The number of alkyl halides is 1. The fraction of sp³-hybridized carbons (Fsp3) is 1.00. The standard InChI is InChI=1S/C8H16FNO/c1-7(11-2)8-4-3-5-10(8)6-9/h7-8H,3-6H2,1-2H3. The van der Waals surface area contributed by atoms with Crippen LogP contribution in [0.25, 0.3) is 0 Å². The van der Waals surface area contributed by atoms with Crippen molar-refractivity contribution in [1.82, 2.24) is 4.90 Å². The molecule has 1 aliphatic rings.